The molecule has 0 aliphatic heterocycles. The SMILES string of the molecule is CC(C)C1=C2C3CCC4C(C)(CCC5C(C)(C)C(OC(=O)CC(C)(C)C(=O)O)CCC54C)C3CCC2(c2cc(=O)n(-c3ccc(F)cc3)n2C)CC1. The molecule has 8 heteroatoms. The van der Waals surface area contributed by atoms with Crippen molar-refractivity contribution in [3.8, 4) is 5.69 Å². The summed E-state index contributed by atoms with van der Waals surface area (Å²) in [6.07, 6.45) is 10.4. The van der Waals surface area contributed by atoms with E-state index in [0.717, 1.165) is 63.5 Å². The summed E-state index contributed by atoms with van der Waals surface area (Å²) < 4.78 is 23.8. The zero-order valence-corrected chi connectivity index (χ0v) is 33.0. The van der Waals surface area contributed by atoms with Crippen LogP contribution in [0.25, 0.3) is 5.69 Å². The second-order valence-corrected chi connectivity index (χ2v) is 19.5. The zero-order chi connectivity index (χ0) is 37.8. The first kappa shape index (κ1) is 37.2. The Morgan fingerprint density at radius 1 is 0.942 bits per heavy atom. The van der Waals surface area contributed by atoms with Gasteiger partial charge in [-0.2, -0.15) is 0 Å². The van der Waals surface area contributed by atoms with Gasteiger partial charge in [-0.3, -0.25) is 19.1 Å². The molecule has 1 aromatic carbocycles. The van der Waals surface area contributed by atoms with Gasteiger partial charge in [-0.05, 0) is 143 Å². The van der Waals surface area contributed by atoms with Crippen LogP contribution in [0.5, 0.6) is 0 Å². The van der Waals surface area contributed by atoms with Gasteiger partial charge in [0.15, 0.2) is 0 Å². The van der Waals surface area contributed by atoms with E-state index in [1.54, 1.807) is 41.8 Å². The van der Waals surface area contributed by atoms with Crippen LogP contribution in [-0.4, -0.2) is 32.5 Å². The van der Waals surface area contributed by atoms with Crippen LogP contribution < -0.4 is 5.56 Å². The summed E-state index contributed by atoms with van der Waals surface area (Å²) in [7, 11) is 2.01. The number of fused-ring (bicyclic) bond motifs is 7. The molecule has 2 aromatic rings. The molecular formula is C44H61FN2O5. The Hall–Kier alpha value is -3.16. The summed E-state index contributed by atoms with van der Waals surface area (Å²) in [5, 5.41) is 9.61. The van der Waals surface area contributed by atoms with Gasteiger partial charge in [-0.15, -0.1) is 0 Å². The quantitative estimate of drug-likeness (QED) is 0.228. The summed E-state index contributed by atoms with van der Waals surface area (Å²) in [6, 6.07) is 8.11. The van der Waals surface area contributed by atoms with E-state index in [1.165, 1.54) is 18.6 Å². The molecule has 5 aliphatic carbocycles. The minimum atomic E-state index is -1.15. The van der Waals surface area contributed by atoms with Crippen molar-refractivity contribution < 1.29 is 23.8 Å². The van der Waals surface area contributed by atoms with Crippen LogP contribution in [0.3, 0.4) is 0 Å². The van der Waals surface area contributed by atoms with Crippen LogP contribution in [0.4, 0.5) is 4.39 Å². The Kier molecular flexibility index (Phi) is 8.89. The van der Waals surface area contributed by atoms with Crippen molar-refractivity contribution in [1.82, 2.24) is 9.36 Å². The Morgan fingerprint density at radius 2 is 1.62 bits per heavy atom. The van der Waals surface area contributed by atoms with Gasteiger partial charge in [0.1, 0.15) is 11.9 Å². The molecule has 1 heterocycles. The lowest BCUT2D eigenvalue weighted by Crippen LogP contribution is -2.63. The van der Waals surface area contributed by atoms with Gasteiger partial charge in [-0.1, -0.05) is 52.7 Å². The Morgan fingerprint density at radius 3 is 2.27 bits per heavy atom. The summed E-state index contributed by atoms with van der Waals surface area (Å²) in [5.74, 6) is 0.798. The maximum atomic E-state index is 13.9. The Bertz CT molecular complexity index is 1850. The number of rotatable bonds is 7. The predicted molar refractivity (Wildman–Crippen MR) is 201 cm³/mol. The van der Waals surface area contributed by atoms with E-state index < -0.39 is 17.4 Å². The van der Waals surface area contributed by atoms with Gasteiger partial charge in [0.25, 0.3) is 5.56 Å². The van der Waals surface area contributed by atoms with Crippen LogP contribution in [0.2, 0.25) is 0 Å². The molecule has 8 atom stereocenters. The topological polar surface area (TPSA) is 90.5 Å². The molecule has 1 aromatic heterocycles. The van der Waals surface area contributed by atoms with Crippen LogP contribution in [0.1, 0.15) is 132 Å². The summed E-state index contributed by atoms with van der Waals surface area (Å²) in [4.78, 5) is 38.5. The third-order valence-corrected chi connectivity index (χ3v) is 15.9. The number of aromatic nitrogens is 2. The lowest BCUT2D eigenvalue weighted by Gasteiger charge is -2.69. The maximum Gasteiger partial charge on any atom is 0.309 e. The minimum Gasteiger partial charge on any atom is -0.481 e. The minimum absolute atomic E-state index is 0.0608. The van der Waals surface area contributed by atoms with E-state index in [9.17, 15) is 23.9 Å². The smallest absolute Gasteiger partial charge is 0.309 e. The van der Waals surface area contributed by atoms with E-state index in [4.69, 9.17) is 4.74 Å². The molecule has 0 bridgehead atoms. The second-order valence-electron chi connectivity index (χ2n) is 19.5. The van der Waals surface area contributed by atoms with Crippen LogP contribution in [0, 0.1) is 57.1 Å². The lowest BCUT2D eigenvalue weighted by atomic mass is 9.36. The number of carboxylic acids is 1. The number of carbonyl (C=O) groups is 2. The number of hydrogen-bond acceptors (Lipinski definition) is 4. The van der Waals surface area contributed by atoms with Gasteiger partial charge in [-0.25, -0.2) is 9.07 Å². The number of esters is 1. The van der Waals surface area contributed by atoms with Gasteiger partial charge < -0.3 is 9.84 Å². The fourth-order valence-corrected chi connectivity index (χ4v) is 13.4. The van der Waals surface area contributed by atoms with Crippen molar-refractivity contribution in [3.63, 3.8) is 0 Å². The first-order valence-corrected chi connectivity index (χ1v) is 20.0. The highest BCUT2D eigenvalue weighted by molar-refractivity contribution is 5.81. The van der Waals surface area contributed by atoms with Crippen molar-refractivity contribution in [3.05, 3.63) is 63.3 Å². The molecule has 0 radical (unpaired) electrons. The zero-order valence-electron chi connectivity index (χ0n) is 33.0. The molecule has 4 fully saturated rings. The number of carboxylic acid groups (broad SMARTS) is 1. The van der Waals surface area contributed by atoms with Gasteiger partial charge in [0.2, 0.25) is 0 Å². The monoisotopic (exact) mass is 716 g/mol. The number of aliphatic carboxylic acids is 1. The van der Waals surface area contributed by atoms with E-state index in [0.29, 0.717) is 35.3 Å². The number of carbonyl (C=O) groups excluding carboxylic acids is 1. The molecule has 5 aliphatic rings. The third-order valence-electron chi connectivity index (χ3n) is 15.9. The van der Waals surface area contributed by atoms with Crippen LogP contribution in [0.15, 0.2) is 46.3 Å². The molecule has 4 saturated carbocycles. The normalized spacial score (nSPS) is 35.4. The van der Waals surface area contributed by atoms with Crippen molar-refractivity contribution in [1.29, 1.82) is 0 Å². The molecule has 1 N–H and O–H groups in total. The fraction of sp³-hybridized carbons (Fsp3) is 0.705. The van der Waals surface area contributed by atoms with E-state index >= 15 is 0 Å². The first-order chi connectivity index (χ1) is 24.3. The first-order valence-electron chi connectivity index (χ1n) is 20.0. The summed E-state index contributed by atoms with van der Waals surface area (Å²) in [5.41, 5.74) is 3.76. The van der Waals surface area contributed by atoms with Gasteiger partial charge >= 0.3 is 11.9 Å². The van der Waals surface area contributed by atoms with Gasteiger partial charge in [0, 0.05) is 23.9 Å². The molecule has 52 heavy (non-hydrogen) atoms. The molecule has 8 unspecified atom stereocenters. The van der Waals surface area contributed by atoms with E-state index in [2.05, 4.69) is 46.2 Å². The highest BCUT2D eigenvalue weighted by Crippen LogP contribution is 2.73. The standard InChI is InChI=1S/C44H61FN2O5/c1-26(2)29-16-22-44(34-24-36(48)47(46(34)9)28-12-10-27(45)11-13-28)23-17-31-30(38(29)44)14-15-33-42(31,7)20-18-32-41(5,6)35(19-21-43(32,33)8)52-37(49)25-40(3,4)39(50)51/h10-13,24,26,30-33,35H,14-23,25H2,1-9H3,(H,50,51). The maximum absolute atomic E-state index is 13.9. The second kappa shape index (κ2) is 12.4. The highest BCUT2D eigenvalue weighted by atomic mass is 19.1. The Labute approximate surface area is 309 Å². The number of nitrogens with zero attached hydrogens (tertiary/aromatic N) is 2. The summed E-state index contributed by atoms with van der Waals surface area (Å²) in [6.45, 7) is 17.6. The number of benzene rings is 1. The predicted octanol–water partition coefficient (Wildman–Crippen LogP) is 9.39. The van der Waals surface area contributed by atoms with Crippen molar-refractivity contribution >= 4 is 11.9 Å². The van der Waals surface area contributed by atoms with E-state index in [-0.39, 0.29) is 45.6 Å². The average Bonchev–Trinajstić information content (AvgIpc) is 3.60. The highest BCUT2D eigenvalue weighted by Gasteiger charge is 2.66. The summed E-state index contributed by atoms with van der Waals surface area (Å²) >= 11 is 0. The van der Waals surface area contributed by atoms with Crippen molar-refractivity contribution in [2.75, 3.05) is 0 Å². The molecular weight excluding hydrogens is 655 g/mol. The Balaban J connectivity index is 1.19. The van der Waals surface area contributed by atoms with E-state index in [1.807, 2.05) is 13.1 Å². The molecule has 7 nitrogen and oxygen atoms in total. The van der Waals surface area contributed by atoms with Crippen LogP contribution >= 0.6 is 0 Å². The number of allylic oxidation sites excluding steroid dienone is 2. The number of ether oxygens (including phenoxy) is 1. The fourth-order valence-electron chi connectivity index (χ4n) is 13.4. The third kappa shape index (κ3) is 5.41. The molecule has 0 amide bonds. The molecule has 0 spiro atoms. The van der Waals surface area contributed by atoms with Crippen LogP contribution in [-0.2, 0) is 26.8 Å². The van der Waals surface area contributed by atoms with Gasteiger partial charge in [0.05, 0.1) is 23.2 Å². The molecule has 7 rings (SSSR count). The van der Waals surface area contributed by atoms with Crippen molar-refractivity contribution in [2.45, 2.75) is 138 Å². The lowest BCUT2D eigenvalue weighted by molar-refractivity contribution is -0.213. The average molecular weight is 717 g/mol. The van der Waals surface area contributed by atoms with Crippen molar-refractivity contribution in [2.24, 2.45) is 58.3 Å². The molecule has 284 valence electrons. The molecule has 0 saturated heterocycles. The number of hydrogen-bond donors (Lipinski definition) is 1. The number of halogens is 1. The largest absolute Gasteiger partial charge is 0.481 e.